The number of aromatic nitrogens is 1. The van der Waals surface area contributed by atoms with Crippen molar-refractivity contribution >= 4 is 21.4 Å². The smallest absolute Gasteiger partial charge is 0.160 e. The van der Waals surface area contributed by atoms with Gasteiger partial charge in [0, 0.05) is 11.1 Å². The minimum absolute atomic E-state index is 0.0561. The first-order valence-corrected chi connectivity index (χ1v) is 7.52. The van der Waals surface area contributed by atoms with Crippen molar-refractivity contribution in [2.75, 3.05) is 0 Å². The Bertz CT molecular complexity index is 649. The van der Waals surface area contributed by atoms with Crippen molar-refractivity contribution in [3.63, 3.8) is 0 Å². The molecule has 4 nitrogen and oxygen atoms in total. The number of hydrogen-bond donors (Lipinski definition) is 0. The van der Waals surface area contributed by atoms with Gasteiger partial charge in [-0.15, -0.1) is 0 Å². The molecule has 2 rings (SSSR count). The molecule has 0 aliphatic rings. The molecule has 0 saturated heterocycles. The number of nitrogens with zero attached hydrogens (tertiary/aromatic N) is 1. The third-order valence-electron chi connectivity index (χ3n) is 2.32. The monoisotopic (exact) mass is 285 g/mol. The lowest BCUT2D eigenvalue weighted by Crippen LogP contribution is -2.07. The van der Waals surface area contributed by atoms with E-state index in [-0.39, 0.29) is 11.5 Å². The van der Waals surface area contributed by atoms with Crippen molar-refractivity contribution in [2.45, 2.75) is 18.4 Å². The van der Waals surface area contributed by atoms with E-state index in [0.29, 0.717) is 22.0 Å². The Balaban J connectivity index is 2.12. The van der Waals surface area contributed by atoms with Crippen LogP contribution >= 0.6 is 11.6 Å². The van der Waals surface area contributed by atoms with Gasteiger partial charge in [-0.1, -0.05) is 28.9 Å². The minimum Gasteiger partial charge on any atom is -0.361 e. The van der Waals surface area contributed by atoms with Gasteiger partial charge in [0.15, 0.2) is 9.84 Å². The highest BCUT2D eigenvalue weighted by molar-refractivity contribution is 7.89. The molecule has 2 aromatic rings. The molecule has 0 bridgehead atoms. The molecular weight excluding hydrogens is 274 g/mol. The Morgan fingerprint density at radius 3 is 2.67 bits per heavy atom. The molecule has 0 aliphatic carbocycles. The van der Waals surface area contributed by atoms with E-state index in [9.17, 15) is 8.42 Å². The van der Waals surface area contributed by atoms with Crippen molar-refractivity contribution in [3.8, 4) is 0 Å². The van der Waals surface area contributed by atoms with Crippen LogP contribution in [0, 0.1) is 6.92 Å². The summed E-state index contributed by atoms with van der Waals surface area (Å²) in [4.78, 5) is 0. The van der Waals surface area contributed by atoms with E-state index in [1.807, 2.05) is 0 Å². The average molecular weight is 286 g/mol. The lowest BCUT2D eigenvalue weighted by molar-refractivity contribution is 0.392. The summed E-state index contributed by atoms with van der Waals surface area (Å²) in [5.74, 6) is 0.416. The highest BCUT2D eigenvalue weighted by Gasteiger charge is 2.15. The summed E-state index contributed by atoms with van der Waals surface area (Å²) in [5.41, 5.74) is 1.09. The second-order valence-electron chi connectivity index (χ2n) is 4.09. The van der Waals surface area contributed by atoms with Crippen molar-refractivity contribution in [1.82, 2.24) is 5.16 Å². The first kappa shape index (κ1) is 13.1. The molecule has 0 unspecified atom stereocenters. The zero-order chi connectivity index (χ0) is 13.2. The summed E-state index contributed by atoms with van der Waals surface area (Å²) in [7, 11) is -3.27. The molecule has 1 aromatic carbocycles. The zero-order valence-electron chi connectivity index (χ0n) is 9.76. The fourth-order valence-electron chi connectivity index (χ4n) is 1.64. The van der Waals surface area contributed by atoms with Crippen LogP contribution in [0.15, 0.2) is 34.9 Å². The summed E-state index contributed by atoms with van der Waals surface area (Å²) >= 11 is 5.82. The lowest BCUT2D eigenvalue weighted by atomic mass is 10.2. The quantitative estimate of drug-likeness (QED) is 0.866. The fraction of sp³-hybridized carbons (Fsp3) is 0.250. The van der Waals surface area contributed by atoms with Crippen molar-refractivity contribution in [2.24, 2.45) is 0 Å². The van der Waals surface area contributed by atoms with Gasteiger partial charge < -0.3 is 4.52 Å². The molecule has 0 fully saturated rings. The first-order valence-electron chi connectivity index (χ1n) is 5.32. The van der Waals surface area contributed by atoms with Gasteiger partial charge >= 0.3 is 0 Å². The highest BCUT2D eigenvalue weighted by atomic mass is 35.5. The van der Waals surface area contributed by atoms with Crippen LogP contribution < -0.4 is 0 Å². The highest BCUT2D eigenvalue weighted by Crippen LogP contribution is 2.16. The molecule has 0 amide bonds. The third-order valence-corrected chi connectivity index (χ3v) is 4.06. The Hall–Kier alpha value is -1.33. The van der Waals surface area contributed by atoms with Crippen LogP contribution in [-0.2, 0) is 21.3 Å². The van der Waals surface area contributed by atoms with Gasteiger partial charge in [0.1, 0.15) is 5.76 Å². The van der Waals surface area contributed by atoms with Crippen LogP contribution in [0.5, 0.6) is 0 Å². The van der Waals surface area contributed by atoms with Crippen molar-refractivity contribution in [3.05, 3.63) is 52.4 Å². The van der Waals surface area contributed by atoms with Gasteiger partial charge in [0.05, 0.1) is 17.2 Å². The largest absolute Gasteiger partial charge is 0.361 e. The average Bonchev–Trinajstić information content (AvgIpc) is 2.62. The fourth-order valence-corrected chi connectivity index (χ4v) is 3.23. The third kappa shape index (κ3) is 3.58. The standard InChI is InChI=1S/C12H12ClNO3S/c1-9-5-12(14-17-9)8-18(15,16)7-10-3-2-4-11(13)6-10/h2-6H,7-8H2,1H3. The van der Waals surface area contributed by atoms with E-state index >= 15 is 0 Å². The summed E-state index contributed by atoms with van der Waals surface area (Å²) in [6.07, 6.45) is 0. The first-order chi connectivity index (χ1) is 8.44. The molecule has 6 heteroatoms. The Labute approximate surface area is 110 Å². The van der Waals surface area contributed by atoms with Crippen molar-refractivity contribution < 1.29 is 12.9 Å². The Morgan fingerprint density at radius 1 is 1.28 bits per heavy atom. The molecule has 0 atom stereocenters. The van der Waals surface area contributed by atoms with Gasteiger partial charge in [0.2, 0.25) is 0 Å². The molecular formula is C12H12ClNO3S. The van der Waals surface area contributed by atoms with E-state index in [0.717, 1.165) is 0 Å². The minimum atomic E-state index is -3.27. The predicted molar refractivity (Wildman–Crippen MR) is 69.0 cm³/mol. The molecule has 0 saturated carbocycles. The summed E-state index contributed by atoms with van der Waals surface area (Å²) < 4.78 is 28.8. The summed E-state index contributed by atoms with van der Waals surface area (Å²) in [6, 6.07) is 8.44. The van der Waals surface area contributed by atoms with Gasteiger partial charge in [-0.2, -0.15) is 0 Å². The predicted octanol–water partition coefficient (Wildman–Crippen LogP) is 2.75. The van der Waals surface area contributed by atoms with Crippen LogP contribution in [0.25, 0.3) is 0 Å². The molecule has 0 radical (unpaired) electrons. The number of benzene rings is 1. The second-order valence-corrected chi connectivity index (χ2v) is 6.59. The normalized spacial score (nSPS) is 11.7. The molecule has 1 heterocycles. The van der Waals surface area contributed by atoms with Crippen molar-refractivity contribution in [1.29, 1.82) is 0 Å². The second kappa shape index (κ2) is 5.12. The summed E-state index contributed by atoms with van der Waals surface area (Å²) in [5, 5.41) is 4.21. The molecule has 0 N–H and O–H groups in total. The number of sulfone groups is 1. The van der Waals surface area contributed by atoms with E-state index in [2.05, 4.69) is 5.16 Å². The topological polar surface area (TPSA) is 60.2 Å². The van der Waals surface area contributed by atoms with Crippen LogP contribution in [0.3, 0.4) is 0 Å². The maximum atomic E-state index is 12.0. The van der Waals surface area contributed by atoms with E-state index in [1.165, 1.54) is 0 Å². The van der Waals surface area contributed by atoms with E-state index in [1.54, 1.807) is 37.3 Å². The molecule has 0 aliphatic heterocycles. The van der Waals surface area contributed by atoms with Crippen LogP contribution in [0.2, 0.25) is 5.02 Å². The van der Waals surface area contributed by atoms with Gasteiger partial charge in [0.25, 0.3) is 0 Å². The van der Waals surface area contributed by atoms with Crippen LogP contribution in [-0.4, -0.2) is 13.6 Å². The molecule has 18 heavy (non-hydrogen) atoms. The Morgan fingerprint density at radius 2 is 2.06 bits per heavy atom. The molecule has 96 valence electrons. The number of aryl methyl sites for hydroxylation is 1. The number of halogens is 1. The zero-order valence-corrected chi connectivity index (χ0v) is 11.3. The number of rotatable bonds is 4. The van der Waals surface area contributed by atoms with Gasteiger partial charge in [-0.25, -0.2) is 8.42 Å². The van der Waals surface area contributed by atoms with E-state index < -0.39 is 9.84 Å². The molecule has 1 aromatic heterocycles. The lowest BCUT2D eigenvalue weighted by Gasteiger charge is -2.02. The van der Waals surface area contributed by atoms with Gasteiger partial charge in [-0.05, 0) is 24.6 Å². The molecule has 0 spiro atoms. The maximum Gasteiger partial charge on any atom is 0.160 e. The maximum absolute atomic E-state index is 12.0. The summed E-state index contributed by atoms with van der Waals surface area (Å²) in [6.45, 7) is 1.72. The SMILES string of the molecule is Cc1cc(CS(=O)(=O)Cc2cccc(Cl)c2)no1. The Kier molecular flexibility index (Phi) is 3.73. The van der Waals surface area contributed by atoms with E-state index in [4.69, 9.17) is 16.1 Å². The number of hydrogen-bond acceptors (Lipinski definition) is 4. The van der Waals surface area contributed by atoms with Crippen LogP contribution in [0.4, 0.5) is 0 Å². The van der Waals surface area contributed by atoms with Crippen LogP contribution in [0.1, 0.15) is 17.0 Å². The van der Waals surface area contributed by atoms with Gasteiger partial charge in [-0.3, -0.25) is 0 Å².